The van der Waals surface area contributed by atoms with Crippen LogP contribution in [0.15, 0.2) is 0 Å². The van der Waals surface area contributed by atoms with Crippen molar-refractivity contribution in [2.45, 2.75) is 56.2 Å². The second-order valence-corrected chi connectivity index (χ2v) is 5.86. The maximum atomic E-state index is 3.78. The molecule has 0 nitrogen and oxygen atoms in total. The molecule has 2 unspecified atom stereocenters. The molecule has 2 atom stereocenters. The van der Waals surface area contributed by atoms with E-state index in [4.69, 9.17) is 0 Å². The molecule has 0 amide bonds. The van der Waals surface area contributed by atoms with Gasteiger partial charge >= 0.3 is 0 Å². The normalized spacial score (nSPS) is 38.8. The standard InChI is InChI=1S/C11H19Br/c12-11-7-3-6-10(8-11)9-4-1-2-5-9/h9-11H,1-8H2. The summed E-state index contributed by atoms with van der Waals surface area (Å²) in [5, 5.41) is 0. The molecular weight excluding hydrogens is 212 g/mol. The summed E-state index contributed by atoms with van der Waals surface area (Å²) < 4.78 is 0. The fraction of sp³-hybridized carbons (Fsp3) is 1.00. The Morgan fingerprint density at radius 2 is 1.42 bits per heavy atom. The minimum absolute atomic E-state index is 0.844. The molecule has 0 aromatic rings. The van der Waals surface area contributed by atoms with E-state index in [-0.39, 0.29) is 0 Å². The van der Waals surface area contributed by atoms with Gasteiger partial charge in [0.15, 0.2) is 0 Å². The third-order valence-corrected chi connectivity index (χ3v) is 4.55. The first-order valence-corrected chi connectivity index (χ1v) is 6.42. The maximum absolute atomic E-state index is 3.78. The zero-order valence-electron chi connectivity index (χ0n) is 7.77. The molecule has 2 rings (SSSR count). The van der Waals surface area contributed by atoms with E-state index >= 15 is 0 Å². The lowest BCUT2D eigenvalue weighted by Gasteiger charge is -2.30. The van der Waals surface area contributed by atoms with Crippen LogP contribution in [0.25, 0.3) is 0 Å². The Morgan fingerprint density at radius 3 is 2.08 bits per heavy atom. The van der Waals surface area contributed by atoms with Crippen molar-refractivity contribution < 1.29 is 0 Å². The summed E-state index contributed by atoms with van der Waals surface area (Å²) in [6, 6.07) is 0. The van der Waals surface area contributed by atoms with Gasteiger partial charge in [-0.15, -0.1) is 0 Å². The Balaban J connectivity index is 1.85. The quantitative estimate of drug-likeness (QED) is 0.595. The minimum Gasteiger partial charge on any atom is -0.0891 e. The van der Waals surface area contributed by atoms with E-state index in [1.54, 1.807) is 0 Å². The highest BCUT2D eigenvalue weighted by molar-refractivity contribution is 9.09. The van der Waals surface area contributed by atoms with Crippen LogP contribution in [0, 0.1) is 11.8 Å². The van der Waals surface area contributed by atoms with E-state index in [1.165, 1.54) is 51.4 Å². The monoisotopic (exact) mass is 230 g/mol. The molecule has 2 aliphatic rings. The average Bonchev–Trinajstić information content (AvgIpc) is 2.56. The average molecular weight is 231 g/mol. The SMILES string of the molecule is BrC1CCCC(C2CCCC2)C1. The van der Waals surface area contributed by atoms with Crippen molar-refractivity contribution in [2.24, 2.45) is 11.8 Å². The van der Waals surface area contributed by atoms with Crippen molar-refractivity contribution in [1.29, 1.82) is 0 Å². The first-order chi connectivity index (χ1) is 5.86. The molecule has 2 saturated carbocycles. The zero-order valence-corrected chi connectivity index (χ0v) is 9.35. The maximum Gasteiger partial charge on any atom is 0.0148 e. The molecule has 0 radical (unpaired) electrons. The van der Waals surface area contributed by atoms with Gasteiger partial charge in [0.05, 0.1) is 0 Å². The molecule has 0 N–H and O–H groups in total. The number of rotatable bonds is 1. The van der Waals surface area contributed by atoms with Gasteiger partial charge < -0.3 is 0 Å². The fourth-order valence-corrected chi connectivity index (χ4v) is 3.83. The van der Waals surface area contributed by atoms with E-state index in [0.29, 0.717) is 0 Å². The van der Waals surface area contributed by atoms with Crippen LogP contribution in [-0.4, -0.2) is 4.83 Å². The van der Waals surface area contributed by atoms with Gasteiger partial charge in [-0.3, -0.25) is 0 Å². The van der Waals surface area contributed by atoms with Crippen LogP contribution in [0.3, 0.4) is 0 Å². The van der Waals surface area contributed by atoms with E-state index < -0.39 is 0 Å². The van der Waals surface area contributed by atoms with Crippen LogP contribution in [-0.2, 0) is 0 Å². The zero-order chi connectivity index (χ0) is 8.39. The lowest BCUT2D eigenvalue weighted by molar-refractivity contribution is 0.258. The molecule has 0 saturated heterocycles. The van der Waals surface area contributed by atoms with Crippen molar-refractivity contribution in [3.8, 4) is 0 Å². The summed E-state index contributed by atoms with van der Waals surface area (Å²) in [7, 11) is 0. The first-order valence-electron chi connectivity index (χ1n) is 5.50. The van der Waals surface area contributed by atoms with Crippen molar-refractivity contribution in [3.05, 3.63) is 0 Å². The van der Waals surface area contributed by atoms with Crippen molar-refractivity contribution >= 4 is 15.9 Å². The Hall–Kier alpha value is 0.480. The lowest BCUT2D eigenvalue weighted by Crippen LogP contribution is -2.21. The Kier molecular flexibility index (Phi) is 3.11. The van der Waals surface area contributed by atoms with Crippen molar-refractivity contribution in [1.82, 2.24) is 0 Å². The van der Waals surface area contributed by atoms with Crippen LogP contribution in [0.4, 0.5) is 0 Å². The highest BCUT2D eigenvalue weighted by Gasteiger charge is 2.28. The van der Waals surface area contributed by atoms with Crippen LogP contribution < -0.4 is 0 Å². The number of halogens is 1. The molecule has 70 valence electrons. The van der Waals surface area contributed by atoms with Crippen LogP contribution >= 0.6 is 15.9 Å². The second kappa shape index (κ2) is 4.13. The molecule has 0 heterocycles. The molecule has 1 heteroatoms. The van der Waals surface area contributed by atoms with Crippen LogP contribution in [0.2, 0.25) is 0 Å². The summed E-state index contributed by atoms with van der Waals surface area (Å²) in [5.74, 6) is 2.18. The Morgan fingerprint density at radius 1 is 0.750 bits per heavy atom. The van der Waals surface area contributed by atoms with Gasteiger partial charge in [-0.2, -0.15) is 0 Å². The molecule has 0 aromatic carbocycles. The van der Waals surface area contributed by atoms with E-state index in [1.807, 2.05) is 0 Å². The smallest absolute Gasteiger partial charge is 0.0148 e. The number of alkyl halides is 1. The summed E-state index contributed by atoms with van der Waals surface area (Å²) in [5.41, 5.74) is 0. The number of hydrogen-bond donors (Lipinski definition) is 0. The van der Waals surface area contributed by atoms with Crippen LogP contribution in [0.1, 0.15) is 51.4 Å². The van der Waals surface area contributed by atoms with Crippen LogP contribution in [0.5, 0.6) is 0 Å². The van der Waals surface area contributed by atoms with E-state index in [2.05, 4.69) is 15.9 Å². The number of hydrogen-bond acceptors (Lipinski definition) is 0. The molecule has 2 aliphatic carbocycles. The third kappa shape index (κ3) is 2.04. The molecule has 0 spiro atoms. The second-order valence-electron chi connectivity index (χ2n) is 4.57. The molecule has 0 aromatic heterocycles. The molecule has 0 bridgehead atoms. The molecule has 0 aliphatic heterocycles. The predicted molar refractivity (Wildman–Crippen MR) is 56.6 cm³/mol. The van der Waals surface area contributed by atoms with Gasteiger partial charge in [0.1, 0.15) is 0 Å². The lowest BCUT2D eigenvalue weighted by atomic mass is 9.79. The van der Waals surface area contributed by atoms with E-state index in [9.17, 15) is 0 Å². The van der Waals surface area contributed by atoms with Gasteiger partial charge in [-0.25, -0.2) is 0 Å². The van der Waals surface area contributed by atoms with Gasteiger partial charge in [-0.05, 0) is 24.7 Å². The Labute approximate surface area is 84.2 Å². The largest absolute Gasteiger partial charge is 0.0891 e. The summed E-state index contributed by atoms with van der Waals surface area (Å²) in [6.45, 7) is 0. The highest BCUT2D eigenvalue weighted by atomic mass is 79.9. The van der Waals surface area contributed by atoms with Gasteiger partial charge in [0, 0.05) is 4.83 Å². The summed E-state index contributed by atoms with van der Waals surface area (Å²) >= 11 is 3.78. The van der Waals surface area contributed by atoms with E-state index in [0.717, 1.165) is 16.7 Å². The first kappa shape index (κ1) is 9.05. The Bertz CT molecular complexity index is 138. The van der Waals surface area contributed by atoms with Crippen molar-refractivity contribution in [3.63, 3.8) is 0 Å². The van der Waals surface area contributed by atoms with Gasteiger partial charge in [0.2, 0.25) is 0 Å². The van der Waals surface area contributed by atoms with Gasteiger partial charge in [0.25, 0.3) is 0 Å². The minimum atomic E-state index is 0.844. The van der Waals surface area contributed by atoms with Crippen molar-refractivity contribution in [2.75, 3.05) is 0 Å². The third-order valence-electron chi connectivity index (χ3n) is 3.72. The van der Waals surface area contributed by atoms with Gasteiger partial charge in [-0.1, -0.05) is 54.5 Å². The summed E-state index contributed by atoms with van der Waals surface area (Å²) in [6.07, 6.45) is 12.0. The topological polar surface area (TPSA) is 0 Å². The molecule has 12 heavy (non-hydrogen) atoms. The molecular formula is C11H19Br. The summed E-state index contributed by atoms with van der Waals surface area (Å²) in [4.78, 5) is 0.844. The molecule has 2 fully saturated rings. The predicted octanol–water partition coefficient (Wildman–Crippen LogP) is 4.13. The fourth-order valence-electron chi connectivity index (χ4n) is 3.02. The highest BCUT2D eigenvalue weighted by Crippen LogP contribution is 2.40.